The van der Waals surface area contributed by atoms with E-state index in [2.05, 4.69) is 0 Å². The first-order chi connectivity index (χ1) is 10.6. The molecule has 0 aliphatic heterocycles. The summed E-state index contributed by atoms with van der Waals surface area (Å²) in [6.07, 6.45) is 3.36. The van der Waals surface area contributed by atoms with Crippen LogP contribution < -0.4 is 5.73 Å². The number of hydrogen-bond acceptors (Lipinski definition) is 2. The summed E-state index contributed by atoms with van der Waals surface area (Å²) in [6.45, 7) is 4.38. The maximum absolute atomic E-state index is 12.5. The quantitative estimate of drug-likeness (QED) is 0.670. The largest absolute Gasteiger partial charge is 0.398 e. The van der Waals surface area contributed by atoms with Crippen molar-refractivity contribution in [2.45, 2.75) is 26.4 Å². The number of benzene rings is 2. The smallest absolute Gasteiger partial charge is 0.247 e. The van der Waals surface area contributed by atoms with Gasteiger partial charge in [0.1, 0.15) is 0 Å². The van der Waals surface area contributed by atoms with Crippen LogP contribution in [-0.4, -0.2) is 10.8 Å². The highest BCUT2D eigenvalue weighted by molar-refractivity contribution is 5.88. The Balaban J connectivity index is 2.31. The summed E-state index contributed by atoms with van der Waals surface area (Å²) in [4.78, 5) is 14.3. The van der Waals surface area contributed by atoms with Crippen molar-refractivity contribution < 1.29 is 4.79 Å². The van der Waals surface area contributed by atoms with E-state index in [0.717, 1.165) is 11.1 Å². The number of nitrogen functional groups attached to an aromatic ring is 1. The zero-order chi connectivity index (χ0) is 15.9. The van der Waals surface area contributed by atoms with Crippen LogP contribution in [0.4, 0.5) is 5.69 Å². The van der Waals surface area contributed by atoms with E-state index < -0.39 is 0 Å². The van der Waals surface area contributed by atoms with Gasteiger partial charge in [0.05, 0.1) is 6.04 Å². The molecule has 1 amide bonds. The second kappa shape index (κ2) is 7.46. The van der Waals surface area contributed by atoms with Gasteiger partial charge in [-0.15, -0.1) is 0 Å². The lowest BCUT2D eigenvalue weighted by atomic mass is 10.1. The van der Waals surface area contributed by atoms with Crippen LogP contribution >= 0.6 is 0 Å². The van der Waals surface area contributed by atoms with Crippen molar-refractivity contribution in [3.05, 3.63) is 77.9 Å². The van der Waals surface area contributed by atoms with Crippen LogP contribution in [0.3, 0.4) is 0 Å². The minimum atomic E-state index is -0.0236. The second-order valence-electron chi connectivity index (χ2n) is 5.25. The molecule has 0 aromatic heterocycles. The van der Waals surface area contributed by atoms with Crippen LogP contribution in [0.5, 0.6) is 0 Å². The molecular formula is C19H22N2O. The number of rotatable bonds is 5. The van der Waals surface area contributed by atoms with Gasteiger partial charge in [-0.1, -0.05) is 54.6 Å². The molecule has 0 bridgehead atoms. The summed E-state index contributed by atoms with van der Waals surface area (Å²) < 4.78 is 0. The van der Waals surface area contributed by atoms with Gasteiger partial charge in [0.2, 0.25) is 5.91 Å². The number of amides is 1. The molecule has 0 spiro atoms. The molecule has 2 aromatic carbocycles. The maximum atomic E-state index is 12.5. The fourth-order valence-electron chi connectivity index (χ4n) is 2.42. The molecule has 2 aromatic rings. The van der Waals surface area contributed by atoms with Crippen molar-refractivity contribution in [1.82, 2.24) is 4.90 Å². The summed E-state index contributed by atoms with van der Waals surface area (Å²) in [7, 11) is 0. The van der Waals surface area contributed by atoms with E-state index in [0.29, 0.717) is 12.2 Å². The molecule has 0 fully saturated rings. The molecule has 0 radical (unpaired) electrons. The summed E-state index contributed by atoms with van der Waals surface area (Å²) >= 11 is 0. The van der Waals surface area contributed by atoms with Gasteiger partial charge in [-0.3, -0.25) is 4.79 Å². The topological polar surface area (TPSA) is 46.3 Å². The molecule has 0 heterocycles. The number of para-hydroxylation sites is 1. The Morgan fingerprint density at radius 3 is 2.41 bits per heavy atom. The number of allylic oxidation sites excluding steroid dienone is 1. The highest BCUT2D eigenvalue weighted by atomic mass is 16.2. The highest BCUT2D eigenvalue weighted by Crippen LogP contribution is 2.24. The van der Waals surface area contributed by atoms with Crippen LogP contribution in [0.15, 0.2) is 66.7 Å². The Morgan fingerprint density at radius 2 is 1.77 bits per heavy atom. The van der Waals surface area contributed by atoms with Crippen LogP contribution in [0.25, 0.3) is 0 Å². The lowest BCUT2D eigenvalue weighted by Gasteiger charge is -2.29. The zero-order valence-corrected chi connectivity index (χ0v) is 13.1. The van der Waals surface area contributed by atoms with Crippen molar-refractivity contribution in [2.75, 3.05) is 5.73 Å². The predicted octanol–water partition coefficient (Wildman–Crippen LogP) is 3.93. The van der Waals surface area contributed by atoms with E-state index in [4.69, 9.17) is 5.73 Å². The number of nitrogens with zero attached hydrogens (tertiary/aromatic N) is 1. The molecule has 2 N–H and O–H groups in total. The molecule has 0 aliphatic carbocycles. The lowest BCUT2D eigenvalue weighted by Crippen LogP contribution is -2.32. The monoisotopic (exact) mass is 294 g/mol. The predicted molar refractivity (Wildman–Crippen MR) is 91.1 cm³/mol. The van der Waals surface area contributed by atoms with Crippen molar-refractivity contribution in [1.29, 1.82) is 0 Å². The van der Waals surface area contributed by atoms with Gasteiger partial charge in [-0.25, -0.2) is 0 Å². The molecule has 22 heavy (non-hydrogen) atoms. The maximum Gasteiger partial charge on any atom is 0.247 e. The van der Waals surface area contributed by atoms with Gasteiger partial charge in [0.15, 0.2) is 0 Å². The average molecular weight is 294 g/mol. The van der Waals surface area contributed by atoms with E-state index in [-0.39, 0.29) is 11.9 Å². The van der Waals surface area contributed by atoms with Gasteiger partial charge >= 0.3 is 0 Å². The van der Waals surface area contributed by atoms with Gasteiger partial charge < -0.3 is 10.6 Å². The van der Waals surface area contributed by atoms with E-state index in [1.54, 1.807) is 12.2 Å². The van der Waals surface area contributed by atoms with Crippen molar-refractivity contribution in [2.24, 2.45) is 0 Å². The zero-order valence-electron chi connectivity index (χ0n) is 13.1. The first kappa shape index (κ1) is 15.8. The minimum absolute atomic E-state index is 0.0119. The standard InChI is InChI=1S/C19H22N2O/c1-3-9-19(22)21(14-17-12-7-8-13-18(17)20)15(2)16-10-5-4-6-11-16/h3-13,15H,14,20H2,1-2H3/b9-3+/t15-/m0/s1. The summed E-state index contributed by atoms with van der Waals surface area (Å²) in [5.41, 5.74) is 8.80. The Hall–Kier alpha value is -2.55. The molecule has 0 saturated heterocycles. The average Bonchev–Trinajstić information content (AvgIpc) is 2.54. The fourth-order valence-corrected chi connectivity index (χ4v) is 2.42. The lowest BCUT2D eigenvalue weighted by molar-refractivity contribution is -0.128. The summed E-state index contributed by atoms with van der Waals surface area (Å²) in [6, 6.07) is 17.7. The van der Waals surface area contributed by atoms with Gasteiger partial charge in [0.25, 0.3) is 0 Å². The number of anilines is 1. The van der Waals surface area contributed by atoms with Gasteiger partial charge in [-0.05, 0) is 37.1 Å². The third-order valence-electron chi connectivity index (χ3n) is 3.74. The van der Waals surface area contributed by atoms with Crippen LogP contribution in [0, 0.1) is 0 Å². The first-order valence-electron chi connectivity index (χ1n) is 7.45. The molecule has 0 aliphatic rings. The first-order valence-corrected chi connectivity index (χ1v) is 7.45. The molecule has 0 unspecified atom stereocenters. The number of nitrogens with two attached hydrogens (primary N) is 1. The molecule has 3 nitrogen and oxygen atoms in total. The minimum Gasteiger partial charge on any atom is -0.398 e. The second-order valence-corrected chi connectivity index (χ2v) is 5.25. The summed E-state index contributed by atoms with van der Waals surface area (Å²) in [5.74, 6) is -0.0119. The summed E-state index contributed by atoms with van der Waals surface area (Å²) in [5, 5.41) is 0. The van der Waals surface area contributed by atoms with Crippen molar-refractivity contribution >= 4 is 11.6 Å². The Labute approximate surface area is 132 Å². The Bertz CT molecular complexity index is 649. The third kappa shape index (κ3) is 3.76. The van der Waals surface area contributed by atoms with E-state index in [9.17, 15) is 4.79 Å². The normalized spacial score (nSPS) is 12.3. The molecule has 3 heteroatoms. The van der Waals surface area contributed by atoms with Crippen LogP contribution in [-0.2, 0) is 11.3 Å². The highest BCUT2D eigenvalue weighted by Gasteiger charge is 2.20. The van der Waals surface area contributed by atoms with E-state index >= 15 is 0 Å². The van der Waals surface area contributed by atoms with E-state index in [1.807, 2.05) is 73.3 Å². The third-order valence-corrected chi connectivity index (χ3v) is 3.74. The molecular weight excluding hydrogens is 272 g/mol. The molecule has 2 rings (SSSR count). The Kier molecular flexibility index (Phi) is 5.37. The number of hydrogen-bond donors (Lipinski definition) is 1. The fraction of sp³-hybridized carbons (Fsp3) is 0.211. The van der Waals surface area contributed by atoms with E-state index in [1.165, 1.54) is 0 Å². The van der Waals surface area contributed by atoms with Crippen LogP contribution in [0.1, 0.15) is 31.0 Å². The SMILES string of the molecule is C/C=C/C(=O)N(Cc1ccccc1N)[C@@H](C)c1ccccc1. The van der Waals surface area contributed by atoms with Crippen molar-refractivity contribution in [3.8, 4) is 0 Å². The molecule has 1 atom stereocenters. The van der Waals surface area contributed by atoms with Gasteiger partial charge in [0, 0.05) is 12.2 Å². The Morgan fingerprint density at radius 1 is 1.14 bits per heavy atom. The van der Waals surface area contributed by atoms with Gasteiger partial charge in [-0.2, -0.15) is 0 Å². The molecule has 114 valence electrons. The number of carbonyl (C=O) groups excluding carboxylic acids is 1. The number of carbonyl (C=O) groups is 1. The molecule has 0 saturated carbocycles. The van der Waals surface area contributed by atoms with Crippen molar-refractivity contribution in [3.63, 3.8) is 0 Å². The van der Waals surface area contributed by atoms with Crippen LogP contribution in [0.2, 0.25) is 0 Å².